The van der Waals surface area contributed by atoms with Crippen LogP contribution in [0.1, 0.15) is 17.3 Å². The normalized spacial score (nSPS) is 10.8. The van der Waals surface area contributed by atoms with Gasteiger partial charge in [0, 0.05) is 30.6 Å². The van der Waals surface area contributed by atoms with Crippen molar-refractivity contribution in [1.29, 1.82) is 0 Å². The summed E-state index contributed by atoms with van der Waals surface area (Å²) in [6.07, 6.45) is 2.63. The van der Waals surface area contributed by atoms with Crippen LogP contribution in [0.2, 0.25) is 0 Å². The van der Waals surface area contributed by atoms with Crippen LogP contribution in [0.5, 0.6) is 5.75 Å². The molecule has 3 aromatic rings. The quantitative estimate of drug-likeness (QED) is 0.518. The summed E-state index contributed by atoms with van der Waals surface area (Å²) >= 11 is 0. The molecule has 0 bridgehead atoms. The molecule has 0 aliphatic heterocycles. The van der Waals surface area contributed by atoms with Crippen molar-refractivity contribution in [2.45, 2.75) is 11.8 Å². The number of aromatic nitrogens is 1. The van der Waals surface area contributed by atoms with Gasteiger partial charge in [0.05, 0.1) is 29.5 Å². The number of benzene rings is 2. The highest BCUT2D eigenvalue weighted by molar-refractivity contribution is 7.92. The van der Waals surface area contributed by atoms with E-state index in [4.69, 9.17) is 4.74 Å². The van der Waals surface area contributed by atoms with Gasteiger partial charge >= 0.3 is 0 Å². The molecule has 0 saturated heterocycles. The second-order valence-corrected chi connectivity index (χ2v) is 8.14. The third kappa shape index (κ3) is 5.80. The van der Waals surface area contributed by atoms with E-state index in [0.717, 1.165) is 0 Å². The summed E-state index contributed by atoms with van der Waals surface area (Å²) in [5.41, 5.74) is 1.30. The Hall–Kier alpha value is -3.92. The Morgan fingerprint density at radius 1 is 0.903 bits per heavy atom. The van der Waals surface area contributed by atoms with Gasteiger partial charge in [0.2, 0.25) is 5.91 Å². The van der Waals surface area contributed by atoms with Crippen LogP contribution in [-0.2, 0) is 14.8 Å². The Morgan fingerprint density at radius 3 is 2.32 bits per heavy atom. The van der Waals surface area contributed by atoms with Gasteiger partial charge in [0.15, 0.2) is 0 Å². The number of ether oxygens (including phenoxy) is 1. The van der Waals surface area contributed by atoms with Crippen molar-refractivity contribution in [2.75, 3.05) is 22.5 Å². The number of anilines is 3. The molecule has 0 unspecified atom stereocenters. The number of sulfonamides is 1. The largest absolute Gasteiger partial charge is 0.497 e. The monoisotopic (exact) mass is 440 g/mol. The molecule has 2 amide bonds. The van der Waals surface area contributed by atoms with Crippen molar-refractivity contribution in [3.8, 4) is 5.75 Å². The van der Waals surface area contributed by atoms with E-state index in [0.29, 0.717) is 17.1 Å². The predicted octanol–water partition coefficient (Wildman–Crippen LogP) is 3.10. The SMILES string of the molecule is COc1cccc(NC(=O)c2cncc(NS(=O)(=O)c3ccc(NC(C)=O)cc3)c2)c1. The smallest absolute Gasteiger partial charge is 0.261 e. The Morgan fingerprint density at radius 2 is 1.65 bits per heavy atom. The van der Waals surface area contributed by atoms with E-state index in [-0.39, 0.29) is 22.1 Å². The van der Waals surface area contributed by atoms with Crippen molar-refractivity contribution >= 4 is 38.9 Å². The number of nitrogens with zero attached hydrogens (tertiary/aromatic N) is 1. The number of hydrogen-bond acceptors (Lipinski definition) is 6. The first-order valence-electron chi connectivity index (χ1n) is 9.08. The molecule has 1 aromatic heterocycles. The Balaban J connectivity index is 1.74. The van der Waals surface area contributed by atoms with Crippen LogP contribution in [0.25, 0.3) is 0 Å². The maximum Gasteiger partial charge on any atom is 0.261 e. The van der Waals surface area contributed by atoms with Gasteiger partial charge in [-0.1, -0.05) is 6.07 Å². The van der Waals surface area contributed by atoms with Crippen molar-refractivity contribution in [3.63, 3.8) is 0 Å². The number of amides is 2. The van der Waals surface area contributed by atoms with Crippen LogP contribution in [0.3, 0.4) is 0 Å². The molecule has 0 atom stereocenters. The number of rotatable bonds is 7. The standard InChI is InChI=1S/C21H20N4O5S/c1-14(26)23-16-6-8-20(9-7-16)31(28,29)25-18-10-15(12-22-13-18)21(27)24-17-4-3-5-19(11-17)30-2/h3-13,25H,1-2H3,(H,23,26)(H,24,27). The molecule has 9 nitrogen and oxygen atoms in total. The summed E-state index contributed by atoms with van der Waals surface area (Å²) in [5.74, 6) is -0.132. The van der Waals surface area contributed by atoms with Crippen LogP contribution in [0, 0.1) is 0 Å². The maximum absolute atomic E-state index is 12.6. The van der Waals surface area contributed by atoms with Crippen LogP contribution < -0.4 is 20.1 Å². The summed E-state index contributed by atoms with van der Waals surface area (Å²) in [5, 5.41) is 5.27. The number of carbonyl (C=O) groups excluding carboxylic acids is 2. The minimum atomic E-state index is -3.92. The molecule has 0 aliphatic rings. The second-order valence-electron chi connectivity index (χ2n) is 6.46. The molecule has 160 valence electrons. The lowest BCUT2D eigenvalue weighted by Crippen LogP contribution is -2.16. The van der Waals surface area contributed by atoms with Gasteiger partial charge in [0.1, 0.15) is 5.75 Å². The number of hydrogen-bond donors (Lipinski definition) is 3. The van der Waals surface area contributed by atoms with Crippen molar-refractivity contribution in [3.05, 3.63) is 72.6 Å². The van der Waals surface area contributed by atoms with E-state index in [1.165, 1.54) is 56.8 Å². The molecule has 0 fully saturated rings. The number of carbonyl (C=O) groups is 2. The molecule has 0 spiro atoms. The first-order chi connectivity index (χ1) is 14.8. The molecule has 2 aromatic carbocycles. The summed E-state index contributed by atoms with van der Waals surface area (Å²) in [4.78, 5) is 27.5. The minimum absolute atomic E-state index is 0.00663. The number of methoxy groups -OCH3 is 1. The number of pyridine rings is 1. The average molecular weight is 440 g/mol. The molecular formula is C21H20N4O5S. The number of nitrogens with one attached hydrogen (secondary N) is 3. The molecule has 3 N–H and O–H groups in total. The Kier molecular flexibility index (Phi) is 6.51. The first-order valence-corrected chi connectivity index (χ1v) is 10.6. The fourth-order valence-electron chi connectivity index (χ4n) is 2.66. The fourth-order valence-corrected chi connectivity index (χ4v) is 3.69. The van der Waals surface area contributed by atoms with Crippen molar-refractivity contribution < 1.29 is 22.7 Å². The summed E-state index contributed by atoms with van der Waals surface area (Å²) < 4.78 is 32.8. The molecule has 0 radical (unpaired) electrons. The first kappa shape index (κ1) is 21.8. The van der Waals surface area contributed by atoms with E-state index >= 15 is 0 Å². The van der Waals surface area contributed by atoms with E-state index in [1.807, 2.05) is 0 Å². The van der Waals surface area contributed by atoms with Crippen molar-refractivity contribution in [2.24, 2.45) is 0 Å². The van der Waals surface area contributed by atoms with E-state index in [2.05, 4.69) is 20.3 Å². The summed E-state index contributed by atoms with van der Waals surface area (Å²) in [7, 11) is -2.40. The second kappa shape index (κ2) is 9.26. The highest BCUT2D eigenvalue weighted by atomic mass is 32.2. The van der Waals surface area contributed by atoms with Crippen LogP contribution in [0.15, 0.2) is 71.9 Å². The zero-order chi connectivity index (χ0) is 22.4. The maximum atomic E-state index is 12.6. The highest BCUT2D eigenvalue weighted by Crippen LogP contribution is 2.20. The third-order valence-electron chi connectivity index (χ3n) is 4.07. The zero-order valence-corrected chi connectivity index (χ0v) is 17.6. The van der Waals surface area contributed by atoms with Crippen LogP contribution in [-0.4, -0.2) is 32.3 Å². The topological polar surface area (TPSA) is 126 Å². The Bertz CT molecular complexity index is 1210. The van der Waals surface area contributed by atoms with E-state index in [1.54, 1.807) is 24.3 Å². The molecule has 31 heavy (non-hydrogen) atoms. The van der Waals surface area contributed by atoms with Crippen LogP contribution in [0.4, 0.5) is 17.1 Å². The van der Waals surface area contributed by atoms with Gasteiger partial charge in [-0.2, -0.15) is 0 Å². The third-order valence-corrected chi connectivity index (χ3v) is 5.46. The lowest BCUT2D eigenvalue weighted by molar-refractivity contribution is -0.114. The summed E-state index contributed by atoms with van der Waals surface area (Å²) in [6.45, 7) is 1.36. The van der Waals surface area contributed by atoms with E-state index in [9.17, 15) is 18.0 Å². The van der Waals surface area contributed by atoms with Gasteiger partial charge in [-0.3, -0.25) is 19.3 Å². The lowest BCUT2D eigenvalue weighted by Gasteiger charge is -2.10. The molecule has 0 saturated carbocycles. The summed E-state index contributed by atoms with van der Waals surface area (Å²) in [6, 6.07) is 13.9. The lowest BCUT2D eigenvalue weighted by atomic mass is 10.2. The molecule has 0 aliphatic carbocycles. The van der Waals surface area contributed by atoms with Gasteiger partial charge in [-0.15, -0.1) is 0 Å². The Labute approximate surface area is 179 Å². The predicted molar refractivity (Wildman–Crippen MR) is 117 cm³/mol. The van der Waals surface area contributed by atoms with Crippen molar-refractivity contribution in [1.82, 2.24) is 4.98 Å². The minimum Gasteiger partial charge on any atom is -0.497 e. The van der Waals surface area contributed by atoms with Gasteiger partial charge in [0.25, 0.3) is 15.9 Å². The van der Waals surface area contributed by atoms with Gasteiger partial charge in [-0.05, 0) is 42.5 Å². The highest BCUT2D eigenvalue weighted by Gasteiger charge is 2.16. The molecule has 3 rings (SSSR count). The molecule has 1 heterocycles. The van der Waals surface area contributed by atoms with Crippen LogP contribution >= 0.6 is 0 Å². The van der Waals surface area contributed by atoms with E-state index < -0.39 is 15.9 Å². The molecule has 10 heteroatoms. The van der Waals surface area contributed by atoms with Gasteiger partial charge in [-0.25, -0.2) is 8.42 Å². The average Bonchev–Trinajstić information content (AvgIpc) is 2.73. The van der Waals surface area contributed by atoms with Gasteiger partial charge < -0.3 is 15.4 Å². The zero-order valence-electron chi connectivity index (χ0n) is 16.7. The molecular weight excluding hydrogens is 420 g/mol. The fraction of sp³-hybridized carbons (Fsp3) is 0.0952.